The van der Waals surface area contributed by atoms with Crippen LogP contribution in [0.25, 0.3) is 0 Å². The monoisotopic (exact) mass is 343 g/mol. The van der Waals surface area contributed by atoms with E-state index in [9.17, 15) is 14.9 Å². The molecule has 1 aromatic heterocycles. The highest BCUT2D eigenvalue weighted by Gasteiger charge is 2.25. The van der Waals surface area contributed by atoms with Crippen LogP contribution in [0.5, 0.6) is 0 Å². The number of benzene rings is 1. The zero-order valence-electron chi connectivity index (χ0n) is 14.3. The van der Waals surface area contributed by atoms with Gasteiger partial charge in [-0.25, -0.2) is 4.79 Å². The molecule has 2 N–H and O–H groups in total. The molecule has 0 bridgehead atoms. The normalized spacial score (nSPS) is 15.2. The highest BCUT2D eigenvalue weighted by molar-refractivity contribution is 5.90. The summed E-state index contributed by atoms with van der Waals surface area (Å²) in [5.74, 6) is 0.383. The average molecular weight is 343 g/mol. The quantitative estimate of drug-likeness (QED) is 0.658. The highest BCUT2D eigenvalue weighted by atomic mass is 16.6. The van der Waals surface area contributed by atoms with Gasteiger partial charge in [0.15, 0.2) is 0 Å². The van der Waals surface area contributed by atoms with Crippen LogP contribution in [0.2, 0.25) is 0 Å². The molecule has 0 unspecified atom stereocenters. The third-order valence-corrected chi connectivity index (χ3v) is 4.73. The third kappa shape index (κ3) is 3.62. The molecule has 1 aliphatic heterocycles. The van der Waals surface area contributed by atoms with Crippen LogP contribution in [0.1, 0.15) is 35.6 Å². The zero-order chi connectivity index (χ0) is 18.0. The Morgan fingerprint density at radius 1 is 1.32 bits per heavy atom. The van der Waals surface area contributed by atoms with E-state index in [0.717, 1.165) is 24.1 Å². The first-order valence-electron chi connectivity index (χ1n) is 8.26. The lowest BCUT2D eigenvalue weighted by atomic mass is 9.94. The zero-order valence-corrected chi connectivity index (χ0v) is 14.3. The third-order valence-electron chi connectivity index (χ3n) is 4.73. The van der Waals surface area contributed by atoms with E-state index in [0.29, 0.717) is 30.3 Å². The van der Waals surface area contributed by atoms with Crippen molar-refractivity contribution < 1.29 is 9.72 Å². The van der Waals surface area contributed by atoms with Gasteiger partial charge in [0, 0.05) is 42.5 Å². The number of urea groups is 1. The minimum absolute atomic E-state index is 0.0128. The molecule has 2 amide bonds. The molecule has 1 aliphatic rings. The number of carbonyl (C=O) groups excluding carboxylic acids is 1. The molecule has 1 aromatic carbocycles. The van der Waals surface area contributed by atoms with Crippen molar-refractivity contribution in [1.82, 2.24) is 15.1 Å². The van der Waals surface area contributed by atoms with Crippen molar-refractivity contribution in [2.45, 2.75) is 32.6 Å². The van der Waals surface area contributed by atoms with E-state index >= 15 is 0 Å². The average Bonchev–Trinajstić information content (AvgIpc) is 3.11. The van der Waals surface area contributed by atoms with Crippen LogP contribution in [0, 0.1) is 24.0 Å². The van der Waals surface area contributed by atoms with E-state index < -0.39 is 4.92 Å². The Balaban J connectivity index is 1.65. The summed E-state index contributed by atoms with van der Waals surface area (Å²) in [4.78, 5) is 24.9. The number of carbonyl (C=O) groups is 1. The van der Waals surface area contributed by atoms with Gasteiger partial charge in [-0.3, -0.25) is 15.2 Å². The second-order valence-electron chi connectivity index (χ2n) is 6.41. The van der Waals surface area contributed by atoms with Gasteiger partial charge in [-0.05, 0) is 44.4 Å². The van der Waals surface area contributed by atoms with Crippen LogP contribution < -0.4 is 5.32 Å². The highest BCUT2D eigenvalue weighted by Crippen LogP contribution is 2.29. The molecule has 0 spiro atoms. The number of rotatable bonds is 3. The number of hydrogen-bond acceptors (Lipinski definition) is 4. The first kappa shape index (κ1) is 16.9. The van der Waals surface area contributed by atoms with Crippen LogP contribution in [-0.4, -0.2) is 39.1 Å². The number of aryl methyl sites for hydroxylation is 2. The molecule has 25 heavy (non-hydrogen) atoms. The number of hydrogen-bond donors (Lipinski definition) is 2. The largest absolute Gasteiger partial charge is 0.324 e. The maximum Gasteiger partial charge on any atom is 0.321 e. The Labute approximate surface area is 145 Å². The molecule has 1 fully saturated rings. The molecule has 2 heterocycles. The Morgan fingerprint density at radius 2 is 2.04 bits per heavy atom. The predicted molar refractivity (Wildman–Crippen MR) is 93.7 cm³/mol. The van der Waals surface area contributed by atoms with Crippen molar-refractivity contribution in [1.29, 1.82) is 0 Å². The molecule has 0 saturated carbocycles. The summed E-state index contributed by atoms with van der Waals surface area (Å²) in [7, 11) is 0. The maximum absolute atomic E-state index is 12.5. The maximum atomic E-state index is 12.5. The van der Waals surface area contributed by atoms with Gasteiger partial charge in [0.1, 0.15) is 0 Å². The van der Waals surface area contributed by atoms with Gasteiger partial charge in [0.05, 0.1) is 10.6 Å². The van der Waals surface area contributed by atoms with Gasteiger partial charge < -0.3 is 10.2 Å². The van der Waals surface area contributed by atoms with Gasteiger partial charge >= 0.3 is 6.03 Å². The Morgan fingerprint density at radius 3 is 2.64 bits per heavy atom. The van der Waals surface area contributed by atoms with E-state index in [4.69, 9.17) is 0 Å². The number of amides is 2. The van der Waals surface area contributed by atoms with Crippen molar-refractivity contribution in [2.75, 3.05) is 18.4 Å². The molecular weight excluding hydrogens is 322 g/mol. The fraction of sp³-hybridized carbons (Fsp3) is 0.412. The molecule has 2 aromatic rings. The number of nitrogens with zero attached hydrogens (tertiary/aromatic N) is 3. The van der Waals surface area contributed by atoms with Crippen LogP contribution in [0.3, 0.4) is 0 Å². The lowest BCUT2D eigenvalue weighted by molar-refractivity contribution is -0.385. The summed E-state index contributed by atoms with van der Waals surface area (Å²) < 4.78 is 0. The van der Waals surface area contributed by atoms with E-state index in [1.165, 1.54) is 6.07 Å². The second-order valence-corrected chi connectivity index (χ2v) is 6.41. The molecule has 8 nitrogen and oxygen atoms in total. The first-order valence-corrected chi connectivity index (χ1v) is 8.26. The van der Waals surface area contributed by atoms with Crippen molar-refractivity contribution in [2.24, 2.45) is 0 Å². The number of likely N-dealkylation sites (tertiary alicyclic amines) is 1. The summed E-state index contributed by atoms with van der Waals surface area (Å²) in [5.41, 5.74) is 2.99. The van der Waals surface area contributed by atoms with Gasteiger partial charge in [-0.15, -0.1) is 0 Å². The fourth-order valence-electron chi connectivity index (χ4n) is 3.25. The van der Waals surface area contributed by atoms with Crippen molar-refractivity contribution in [3.05, 3.63) is 51.3 Å². The molecule has 132 valence electrons. The standard InChI is InChI=1S/C17H21N5O3/c1-11-9-12(2)16(22(24)25)10-15(11)19-17(23)21-7-4-13(5-8-21)14-3-6-18-20-14/h3,6,9-10,13H,4-5,7-8H2,1-2H3,(H,18,20)(H,19,23). The minimum atomic E-state index is -0.430. The first-order chi connectivity index (χ1) is 12.0. The number of anilines is 1. The Kier molecular flexibility index (Phi) is 4.69. The Bertz CT molecular complexity index is 780. The van der Waals surface area contributed by atoms with E-state index in [1.54, 1.807) is 24.1 Å². The summed E-state index contributed by atoms with van der Waals surface area (Å²) in [5, 5.41) is 20.9. The van der Waals surface area contributed by atoms with E-state index in [1.807, 2.05) is 13.0 Å². The van der Waals surface area contributed by atoms with Gasteiger partial charge in [0.2, 0.25) is 0 Å². The predicted octanol–water partition coefficient (Wildman–Crippen LogP) is 3.35. The van der Waals surface area contributed by atoms with Gasteiger partial charge in [0.25, 0.3) is 5.69 Å². The number of nitro groups is 1. The van der Waals surface area contributed by atoms with Crippen molar-refractivity contribution in [3.8, 4) is 0 Å². The number of nitro benzene ring substituents is 1. The topological polar surface area (TPSA) is 104 Å². The van der Waals surface area contributed by atoms with Crippen molar-refractivity contribution in [3.63, 3.8) is 0 Å². The number of aromatic amines is 1. The summed E-state index contributed by atoms with van der Waals surface area (Å²) in [6.45, 7) is 4.80. The molecule has 0 atom stereocenters. The van der Waals surface area contributed by atoms with Crippen LogP contribution in [-0.2, 0) is 0 Å². The lowest BCUT2D eigenvalue weighted by Crippen LogP contribution is -2.40. The number of nitrogens with one attached hydrogen (secondary N) is 2. The molecule has 0 aliphatic carbocycles. The molecular formula is C17H21N5O3. The second kappa shape index (κ2) is 6.92. The fourth-order valence-corrected chi connectivity index (χ4v) is 3.25. The summed E-state index contributed by atoms with van der Waals surface area (Å²) >= 11 is 0. The van der Waals surface area contributed by atoms with Crippen LogP contribution >= 0.6 is 0 Å². The van der Waals surface area contributed by atoms with Crippen LogP contribution in [0.15, 0.2) is 24.4 Å². The van der Waals surface area contributed by atoms with Gasteiger partial charge in [-0.1, -0.05) is 0 Å². The Hall–Kier alpha value is -2.90. The van der Waals surface area contributed by atoms with Crippen molar-refractivity contribution >= 4 is 17.4 Å². The molecule has 1 saturated heterocycles. The minimum Gasteiger partial charge on any atom is -0.324 e. The van der Waals surface area contributed by atoms with E-state index in [2.05, 4.69) is 15.5 Å². The smallest absolute Gasteiger partial charge is 0.321 e. The number of piperidine rings is 1. The van der Waals surface area contributed by atoms with E-state index in [-0.39, 0.29) is 11.7 Å². The number of H-pyrrole nitrogens is 1. The molecule has 8 heteroatoms. The van der Waals surface area contributed by atoms with Crippen LogP contribution in [0.4, 0.5) is 16.2 Å². The summed E-state index contributed by atoms with van der Waals surface area (Å²) in [6, 6.07) is 4.90. The number of aromatic nitrogens is 2. The molecule has 0 radical (unpaired) electrons. The summed E-state index contributed by atoms with van der Waals surface area (Å²) in [6.07, 6.45) is 3.47. The van der Waals surface area contributed by atoms with Gasteiger partial charge in [-0.2, -0.15) is 5.10 Å². The SMILES string of the molecule is Cc1cc(C)c([N+](=O)[O-])cc1NC(=O)N1CCC(c2ccn[nH]2)CC1. The lowest BCUT2D eigenvalue weighted by Gasteiger charge is -2.31. The molecule has 3 rings (SSSR count).